The lowest BCUT2D eigenvalue weighted by Crippen LogP contribution is -2.51. The highest BCUT2D eigenvalue weighted by atomic mass is 16.2. The van der Waals surface area contributed by atoms with Gasteiger partial charge in [0.05, 0.1) is 12.1 Å². The maximum atomic E-state index is 12.5. The number of nitrogens with zero attached hydrogens (tertiary/aromatic N) is 2. The molecule has 2 aliphatic rings. The predicted molar refractivity (Wildman–Crippen MR) is 76.6 cm³/mol. The van der Waals surface area contributed by atoms with Crippen LogP contribution in [0.15, 0.2) is 30.3 Å². The number of amides is 1. The predicted octanol–water partition coefficient (Wildman–Crippen LogP) is 3.29. The summed E-state index contributed by atoms with van der Waals surface area (Å²) in [5.41, 5.74) is 1.20. The first kappa shape index (κ1) is 13.2. The van der Waals surface area contributed by atoms with Crippen LogP contribution in [-0.4, -0.2) is 16.8 Å². The van der Waals surface area contributed by atoms with Crippen LogP contribution >= 0.6 is 0 Å². The molecule has 1 heterocycles. The Bertz CT molecular complexity index is 534. The number of nitriles is 1. The molecule has 1 aliphatic carbocycles. The third-order valence-corrected chi connectivity index (χ3v) is 4.94. The fourth-order valence-electron chi connectivity index (χ4n) is 3.85. The summed E-state index contributed by atoms with van der Waals surface area (Å²) in [4.78, 5) is 14.6. The Morgan fingerprint density at radius 3 is 2.75 bits per heavy atom. The minimum Gasteiger partial charge on any atom is -0.333 e. The van der Waals surface area contributed by atoms with Gasteiger partial charge in [0.2, 0.25) is 5.91 Å². The zero-order chi connectivity index (χ0) is 14.1. The van der Waals surface area contributed by atoms with E-state index in [9.17, 15) is 4.79 Å². The van der Waals surface area contributed by atoms with E-state index in [1.807, 2.05) is 18.2 Å². The van der Waals surface area contributed by atoms with Crippen LogP contribution < -0.4 is 0 Å². The molecular weight excluding hydrogens is 248 g/mol. The van der Waals surface area contributed by atoms with Gasteiger partial charge in [-0.2, -0.15) is 5.26 Å². The topological polar surface area (TPSA) is 44.1 Å². The van der Waals surface area contributed by atoms with E-state index in [4.69, 9.17) is 5.26 Å². The van der Waals surface area contributed by atoms with Crippen molar-refractivity contribution in [3.63, 3.8) is 0 Å². The highest BCUT2D eigenvalue weighted by molar-refractivity contribution is 5.78. The first-order valence-electron chi connectivity index (χ1n) is 7.46. The van der Waals surface area contributed by atoms with Crippen LogP contribution in [0, 0.1) is 23.2 Å². The largest absolute Gasteiger partial charge is 0.333 e. The van der Waals surface area contributed by atoms with E-state index in [0.29, 0.717) is 12.5 Å². The quantitative estimate of drug-likeness (QED) is 0.826. The van der Waals surface area contributed by atoms with Crippen molar-refractivity contribution in [2.75, 3.05) is 0 Å². The van der Waals surface area contributed by atoms with E-state index in [-0.39, 0.29) is 23.8 Å². The number of benzene rings is 1. The second-order valence-corrected chi connectivity index (χ2v) is 6.05. The highest BCUT2D eigenvalue weighted by Gasteiger charge is 2.42. The lowest BCUT2D eigenvalue weighted by molar-refractivity contribution is -0.144. The van der Waals surface area contributed by atoms with E-state index in [1.54, 1.807) is 0 Å². The molecular formula is C17H20N2O. The Morgan fingerprint density at radius 2 is 2.05 bits per heavy atom. The van der Waals surface area contributed by atoms with Gasteiger partial charge in [-0.25, -0.2) is 0 Å². The Kier molecular flexibility index (Phi) is 3.48. The summed E-state index contributed by atoms with van der Waals surface area (Å²) < 4.78 is 0. The number of rotatable bonds is 2. The van der Waals surface area contributed by atoms with E-state index in [0.717, 1.165) is 19.3 Å². The first-order chi connectivity index (χ1) is 9.70. The van der Waals surface area contributed by atoms with Gasteiger partial charge in [-0.1, -0.05) is 30.3 Å². The minimum atomic E-state index is 0.0874. The average molecular weight is 268 g/mol. The highest BCUT2D eigenvalue weighted by Crippen LogP contribution is 2.42. The van der Waals surface area contributed by atoms with Gasteiger partial charge >= 0.3 is 0 Å². The van der Waals surface area contributed by atoms with Crippen LogP contribution in [0.3, 0.4) is 0 Å². The molecule has 1 aromatic rings. The number of carbonyl (C=O) groups is 1. The molecule has 2 bridgehead atoms. The molecule has 0 spiro atoms. The zero-order valence-electron chi connectivity index (χ0n) is 11.8. The molecule has 0 radical (unpaired) electrons. The minimum absolute atomic E-state index is 0.0874. The SMILES string of the molecule is C[C@@H](c1ccccc1)N1C(=O)C[C@@H]2C[C@H]1CC[C@@H]2C#N. The van der Waals surface area contributed by atoms with Crippen LogP contribution in [0.1, 0.15) is 44.2 Å². The van der Waals surface area contributed by atoms with Gasteiger partial charge in [0.25, 0.3) is 0 Å². The lowest BCUT2D eigenvalue weighted by atomic mass is 9.72. The van der Waals surface area contributed by atoms with Crippen molar-refractivity contribution in [3.8, 4) is 6.07 Å². The second-order valence-electron chi connectivity index (χ2n) is 6.05. The molecule has 4 atom stereocenters. The van der Waals surface area contributed by atoms with Gasteiger partial charge in [0, 0.05) is 18.4 Å². The van der Waals surface area contributed by atoms with Crippen molar-refractivity contribution >= 4 is 5.91 Å². The van der Waals surface area contributed by atoms with Gasteiger partial charge in [-0.05, 0) is 37.7 Å². The van der Waals surface area contributed by atoms with E-state index < -0.39 is 0 Å². The summed E-state index contributed by atoms with van der Waals surface area (Å²) in [5.74, 6) is 0.595. The van der Waals surface area contributed by atoms with Crippen molar-refractivity contribution in [1.82, 2.24) is 4.90 Å². The molecule has 2 fully saturated rings. The summed E-state index contributed by atoms with van der Waals surface area (Å²) in [7, 11) is 0. The molecule has 1 saturated heterocycles. The molecule has 0 aromatic heterocycles. The summed E-state index contributed by atoms with van der Waals surface area (Å²) in [6.45, 7) is 2.12. The third kappa shape index (κ3) is 2.20. The number of carbonyl (C=O) groups excluding carboxylic acids is 1. The zero-order valence-corrected chi connectivity index (χ0v) is 11.8. The molecule has 1 aliphatic heterocycles. The summed E-state index contributed by atoms with van der Waals surface area (Å²) in [6.07, 6.45) is 3.46. The van der Waals surface area contributed by atoms with Crippen LogP contribution in [0.25, 0.3) is 0 Å². The van der Waals surface area contributed by atoms with Crippen LogP contribution in [0.4, 0.5) is 0 Å². The smallest absolute Gasteiger partial charge is 0.223 e. The van der Waals surface area contributed by atoms with Crippen LogP contribution in [-0.2, 0) is 4.79 Å². The Hall–Kier alpha value is -1.82. The second kappa shape index (κ2) is 5.28. The van der Waals surface area contributed by atoms with Gasteiger partial charge in [0.15, 0.2) is 0 Å². The average Bonchev–Trinajstić information content (AvgIpc) is 2.48. The number of likely N-dealkylation sites (tertiary alicyclic amines) is 1. The van der Waals surface area contributed by atoms with Crippen molar-refractivity contribution in [2.24, 2.45) is 11.8 Å². The molecule has 104 valence electrons. The number of fused-ring (bicyclic) bond motifs is 2. The Morgan fingerprint density at radius 1 is 1.30 bits per heavy atom. The monoisotopic (exact) mass is 268 g/mol. The third-order valence-electron chi connectivity index (χ3n) is 4.94. The molecule has 3 heteroatoms. The van der Waals surface area contributed by atoms with Gasteiger partial charge in [-0.15, -0.1) is 0 Å². The normalized spacial score (nSPS) is 30.7. The fourth-order valence-corrected chi connectivity index (χ4v) is 3.85. The van der Waals surface area contributed by atoms with Gasteiger partial charge in [-0.3, -0.25) is 4.79 Å². The van der Waals surface area contributed by atoms with E-state index >= 15 is 0 Å². The molecule has 0 unspecified atom stereocenters. The van der Waals surface area contributed by atoms with Crippen molar-refractivity contribution in [1.29, 1.82) is 5.26 Å². The molecule has 0 N–H and O–H groups in total. The van der Waals surface area contributed by atoms with E-state index in [2.05, 4.69) is 30.0 Å². The Labute approximate surface area is 120 Å². The summed E-state index contributed by atoms with van der Waals surface area (Å²) in [5, 5.41) is 9.17. The number of hydrogen-bond donors (Lipinski definition) is 0. The van der Waals surface area contributed by atoms with Gasteiger partial charge < -0.3 is 4.90 Å². The number of piperidine rings is 1. The molecule has 20 heavy (non-hydrogen) atoms. The molecule has 1 aromatic carbocycles. The van der Waals surface area contributed by atoms with Crippen molar-refractivity contribution in [2.45, 2.75) is 44.7 Å². The first-order valence-corrected chi connectivity index (χ1v) is 7.46. The summed E-state index contributed by atoms with van der Waals surface area (Å²) in [6, 6.07) is 13.1. The van der Waals surface area contributed by atoms with Gasteiger partial charge in [0.1, 0.15) is 0 Å². The molecule has 3 rings (SSSR count). The maximum absolute atomic E-state index is 12.5. The summed E-state index contributed by atoms with van der Waals surface area (Å²) >= 11 is 0. The number of hydrogen-bond acceptors (Lipinski definition) is 2. The van der Waals surface area contributed by atoms with Crippen molar-refractivity contribution in [3.05, 3.63) is 35.9 Å². The van der Waals surface area contributed by atoms with Crippen LogP contribution in [0.5, 0.6) is 0 Å². The lowest BCUT2D eigenvalue weighted by Gasteiger charge is -2.47. The van der Waals surface area contributed by atoms with Crippen LogP contribution in [0.2, 0.25) is 0 Å². The standard InChI is InChI=1S/C17H20N2O/c1-12(13-5-3-2-4-6-13)19-16-8-7-14(11-18)15(9-16)10-17(19)20/h2-6,12,14-16H,7-10H2,1H3/t12-,14+,15-,16+/m0/s1. The molecule has 1 saturated carbocycles. The van der Waals surface area contributed by atoms with Crippen molar-refractivity contribution < 1.29 is 4.79 Å². The fraction of sp³-hybridized carbons (Fsp3) is 0.529. The molecule has 3 nitrogen and oxygen atoms in total. The molecule has 1 amide bonds. The maximum Gasteiger partial charge on any atom is 0.223 e. The van der Waals surface area contributed by atoms with E-state index in [1.165, 1.54) is 5.56 Å². The Balaban J connectivity index is 1.82.